The van der Waals surface area contributed by atoms with Crippen LogP contribution in [-0.2, 0) is 4.18 Å². The predicted molar refractivity (Wildman–Crippen MR) is 92.9 cm³/mol. The first-order chi connectivity index (χ1) is 10.0. The molecule has 0 aliphatic carbocycles. The summed E-state index contributed by atoms with van der Waals surface area (Å²) >= 11 is 0. The molecule has 0 spiro atoms. The van der Waals surface area contributed by atoms with E-state index in [4.69, 9.17) is 4.18 Å². The van der Waals surface area contributed by atoms with Gasteiger partial charge in [-0.05, 0) is 45.0 Å². The normalized spacial score (nSPS) is 12.9. The summed E-state index contributed by atoms with van der Waals surface area (Å²) in [7, 11) is -1.60. The van der Waals surface area contributed by atoms with Gasteiger partial charge in [0, 0.05) is 14.5 Å². The highest BCUT2D eigenvalue weighted by atomic mass is 32.3. The predicted octanol–water partition coefficient (Wildman–Crippen LogP) is 5.83. The molecular weight excluding hydrogens is 276 g/mol. The van der Waals surface area contributed by atoms with Crippen LogP contribution in [0.3, 0.4) is 0 Å². The molecule has 1 nitrogen and oxygen atoms in total. The second-order valence-corrected chi connectivity index (χ2v) is 9.38. The van der Waals surface area contributed by atoms with Crippen molar-refractivity contribution in [1.29, 1.82) is 0 Å². The molecule has 0 bridgehead atoms. The van der Waals surface area contributed by atoms with Gasteiger partial charge in [0.25, 0.3) is 0 Å². The van der Waals surface area contributed by atoms with E-state index >= 15 is 0 Å². The fourth-order valence-corrected chi connectivity index (χ4v) is 6.22. The number of rotatable bonds is 5. The molecule has 0 saturated heterocycles. The molecule has 2 aromatic rings. The van der Waals surface area contributed by atoms with Crippen molar-refractivity contribution in [1.82, 2.24) is 0 Å². The minimum Gasteiger partial charge on any atom is -0.323 e. The third kappa shape index (κ3) is 3.07. The molecule has 0 saturated carbocycles. The Kier molecular flexibility index (Phi) is 4.92. The van der Waals surface area contributed by atoms with Crippen molar-refractivity contribution in [3.8, 4) is 0 Å². The average molecular weight is 300 g/mol. The van der Waals surface area contributed by atoms with Crippen molar-refractivity contribution < 1.29 is 4.18 Å². The Labute approximate surface area is 130 Å². The third-order valence-electron chi connectivity index (χ3n) is 3.38. The van der Waals surface area contributed by atoms with E-state index in [0.717, 1.165) is 0 Å². The molecule has 0 aliphatic rings. The topological polar surface area (TPSA) is 9.23 Å². The van der Waals surface area contributed by atoms with Crippen molar-refractivity contribution in [2.24, 2.45) is 0 Å². The Hall–Kier alpha value is -1.51. The van der Waals surface area contributed by atoms with Crippen LogP contribution in [0.5, 0.6) is 0 Å². The van der Waals surface area contributed by atoms with Gasteiger partial charge in [-0.3, -0.25) is 0 Å². The van der Waals surface area contributed by atoms with Crippen LogP contribution >= 0.6 is 10.3 Å². The van der Waals surface area contributed by atoms with Crippen LogP contribution in [0.4, 0.5) is 0 Å². The van der Waals surface area contributed by atoms with Gasteiger partial charge < -0.3 is 4.18 Å². The van der Waals surface area contributed by atoms with Crippen molar-refractivity contribution >= 4 is 10.3 Å². The van der Waals surface area contributed by atoms with E-state index in [2.05, 4.69) is 88.0 Å². The number of hydrogen-bond acceptors (Lipinski definition) is 1. The number of hydrogen-bond donors (Lipinski definition) is 0. The van der Waals surface area contributed by atoms with Gasteiger partial charge in [-0.1, -0.05) is 52.8 Å². The zero-order valence-corrected chi connectivity index (χ0v) is 13.9. The third-order valence-corrected chi connectivity index (χ3v) is 7.46. The first-order valence-corrected chi connectivity index (χ1v) is 8.76. The van der Waals surface area contributed by atoms with Gasteiger partial charge >= 0.3 is 0 Å². The summed E-state index contributed by atoms with van der Waals surface area (Å²) in [6, 6.07) is 21.2. The first kappa shape index (κ1) is 15.9. The molecular formula is C19H24OS. The van der Waals surface area contributed by atoms with Gasteiger partial charge in [0.1, 0.15) is 0 Å². The average Bonchev–Trinajstić information content (AvgIpc) is 2.49. The highest BCUT2D eigenvalue weighted by Crippen LogP contribution is 2.71. The van der Waals surface area contributed by atoms with Crippen LogP contribution in [0.2, 0.25) is 0 Å². The van der Waals surface area contributed by atoms with Crippen LogP contribution in [-0.4, -0.2) is 11.4 Å². The summed E-state index contributed by atoms with van der Waals surface area (Å²) in [4.78, 5) is 2.51. The molecule has 0 atom stereocenters. The fourth-order valence-electron chi connectivity index (χ4n) is 2.53. The van der Waals surface area contributed by atoms with E-state index in [1.807, 2.05) is 6.08 Å². The van der Waals surface area contributed by atoms with E-state index in [9.17, 15) is 0 Å². The zero-order chi connectivity index (χ0) is 15.3. The molecule has 2 rings (SSSR count). The monoisotopic (exact) mass is 300 g/mol. The summed E-state index contributed by atoms with van der Waals surface area (Å²) < 4.78 is 6.47. The van der Waals surface area contributed by atoms with Crippen molar-refractivity contribution in [3.05, 3.63) is 73.3 Å². The minimum absolute atomic E-state index is 0.0152. The quantitative estimate of drug-likeness (QED) is 0.632. The van der Waals surface area contributed by atoms with Crippen molar-refractivity contribution in [3.63, 3.8) is 0 Å². The SMILES string of the molecule is C=CCOS(c1ccccc1)(c1ccccc1)C(C)(C)C. The molecule has 0 N–H and O–H groups in total. The smallest absolute Gasteiger partial charge is 0.0780 e. The van der Waals surface area contributed by atoms with E-state index < -0.39 is 10.3 Å². The molecule has 0 aromatic heterocycles. The summed E-state index contributed by atoms with van der Waals surface area (Å²) in [6.07, 6.45) is 1.83. The molecule has 0 heterocycles. The second-order valence-electron chi connectivity index (χ2n) is 5.87. The van der Waals surface area contributed by atoms with Crippen LogP contribution in [0.1, 0.15) is 20.8 Å². The lowest BCUT2D eigenvalue weighted by Crippen LogP contribution is -2.28. The van der Waals surface area contributed by atoms with Crippen LogP contribution in [0.25, 0.3) is 0 Å². The molecule has 0 unspecified atom stereocenters. The molecule has 2 heteroatoms. The Morgan fingerprint density at radius 2 is 1.33 bits per heavy atom. The van der Waals surface area contributed by atoms with Gasteiger partial charge in [0.05, 0.1) is 6.61 Å². The highest BCUT2D eigenvalue weighted by Gasteiger charge is 2.41. The van der Waals surface area contributed by atoms with E-state index in [0.29, 0.717) is 6.61 Å². The van der Waals surface area contributed by atoms with Crippen LogP contribution in [0.15, 0.2) is 83.1 Å². The largest absolute Gasteiger partial charge is 0.323 e. The second kappa shape index (κ2) is 6.50. The molecule has 0 fully saturated rings. The Morgan fingerprint density at radius 1 is 0.905 bits per heavy atom. The van der Waals surface area contributed by atoms with E-state index in [1.54, 1.807) is 0 Å². The minimum atomic E-state index is -1.60. The van der Waals surface area contributed by atoms with Gasteiger partial charge in [0.15, 0.2) is 0 Å². The number of benzene rings is 2. The van der Waals surface area contributed by atoms with E-state index in [-0.39, 0.29) is 4.75 Å². The highest BCUT2D eigenvalue weighted by molar-refractivity contribution is 8.31. The lowest BCUT2D eigenvalue weighted by Gasteiger charge is -2.50. The van der Waals surface area contributed by atoms with Gasteiger partial charge in [-0.15, -0.1) is 6.58 Å². The maximum Gasteiger partial charge on any atom is 0.0780 e. The molecule has 0 amide bonds. The van der Waals surface area contributed by atoms with Crippen molar-refractivity contribution in [2.75, 3.05) is 6.61 Å². The summed E-state index contributed by atoms with van der Waals surface area (Å²) in [5, 5.41) is 0. The first-order valence-electron chi connectivity index (χ1n) is 7.21. The fraction of sp³-hybridized carbons (Fsp3) is 0.263. The lowest BCUT2D eigenvalue weighted by atomic mass is 10.3. The summed E-state index contributed by atoms with van der Waals surface area (Å²) in [6.45, 7) is 11.1. The van der Waals surface area contributed by atoms with Crippen LogP contribution < -0.4 is 0 Å². The van der Waals surface area contributed by atoms with Gasteiger partial charge in [0.2, 0.25) is 0 Å². The molecule has 112 valence electrons. The zero-order valence-electron chi connectivity index (χ0n) is 13.1. The van der Waals surface area contributed by atoms with Crippen LogP contribution in [0, 0.1) is 0 Å². The van der Waals surface area contributed by atoms with Gasteiger partial charge in [-0.2, -0.15) is 0 Å². The summed E-state index contributed by atoms with van der Waals surface area (Å²) in [5.41, 5.74) is 0. The van der Waals surface area contributed by atoms with E-state index in [1.165, 1.54) is 9.79 Å². The Bertz CT molecular complexity index is 530. The molecule has 0 aliphatic heterocycles. The maximum atomic E-state index is 6.48. The molecule has 2 aromatic carbocycles. The Morgan fingerprint density at radius 3 is 1.67 bits per heavy atom. The maximum absolute atomic E-state index is 6.48. The molecule has 21 heavy (non-hydrogen) atoms. The van der Waals surface area contributed by atoms with Gasteiger partial charge in [-0.25, -0.2) is 0 Å². The summed E-state index contributed by atoms with van der Waals surface area (Å²) in [5.74, 6) is 0. The van der Waals surface area contributed by atoms with Crippen molar-refractivity contribution in [2.45, 2.75) is 35.3 Å². The lowest BCUT2D eigenvalue weighted by molar-refractivity contribution is 0.391. The standard InChI is InChI=1S/C19H24OS/c1-5-16-20-21(19(2,3)4,17-12-8-6-9-13-17)18-14-10-7-11-15-18/h5-15H,1,16H2,2-4H3. The Balaban J connectivity index is 2.69. The molecule has 0 radical (unpaired) electrons.